The molecule has 1 heterocycles. The van der Waals surface area contributed by atoms with Gasteiger partial charge in [-0.15, -0.1) is 0 Å². The van der Waals surface area contributed by atoms with Crippen molar-refractivity contribution in [2.24, 2.45) is 0 Å². The van der Waals surface area contributed by atoms with Crippen molar-refractivity contribution < 1.29 is 21.9 Å². The molecular weight excluding hydrogens is 353 g/mol. The summed E-state index contributed by atoms with van der Waals surface area (Å²) in [7, 11) is 0. The van der Waals surface area contributed by atoms with E-state index in [0.29, 0.717) is 12.0 Å². The van der Waals surface area contributed by atoms with Gasteiger partial charge in [0.15, 0.2) is 0 Å². The molecule has 0 saturated carbocycles. The van der Waals surface area contributed by atoms with Crippen LogP contribution in [0.15, 0.2) is 53.0 Å². The van der Waals surface area contributed by atoms with Gasteiger partial charge in [-0.2, -0.15) is 13.2 Å². The van der Waals surface area contributed by atoms with Crippen LogP contribution >= 0.6 is 0 Å². The Kier molecular flexibility index (Phi) is 5.15. The number of hydrazine groups is 1. The molecule has 1 saturated heterocycles. The largest absolute Gasteiger partial charge is 0.768 e. The third-order valence-electron chi connectivity index (χ3n) is 4.57. The summed E-state index contributed by atoms with van der Waals surface area (Å²) in [6.45, 7) is 1.95. The van der Waals surface area contributed by atoms with Gasteiger partial charge >= 0.3 is 6.18 Å². The van der Waals surface area contributed by atoms with E-state index in [4.69, 9.17) is 0 Å². The van der Waals surface area contributed by atoms with Crippen LogP contribution < -0.4 is 5.43 Å². The van der Waals surface area contributed by atoms with Crippen molar-refractivity contribution in [3.05, 3.63) is 53.6 Å². The molecule has 1 N–H and O–H groups in total. The van der Waals surface area contributed by atoms with Gasteiger partial charge in [0.05, 0.1) is 6.04 Å². The molecular formula is C17H18F3N2O2S-. The van der Waals surface area contributed by atoms with Crippen LogP contribution in [0, 0.1) is 0 Å². The lowest BCUT2D eigenvalue weighted by Gasteiger charge is -2.32. The molecule has 8 heteroatoms. The molecule has 0 bridgehead atoms. The molecule has 1 fully saturated rings. The minimum absolute atomic E-state index is 0.115. The maximum atomic E-state index is 13.2. The number of hydrogen-bond donors (Lipinski definition) is 1. The molecule has 4 atom stereocenters. The van der Waals surface area contributed by atoms with Crippen LogP contribution in [-0.4, -0.2) is 32.0 Å². The first-order chi connectivity index (χ1) is 11.8. The summed E-state index contributed by atoms with van der Waals surface area (Å²) in [6, 6.07) is 3.70. The zero-order valence-electron chi connectivity index (χ0n) is 13.5. The number of rotatable bonds is 3. The number of benzene rings is 1. The Labute approximate surface area is 146 Å². The Balaban J connectivity index is 1.87. The number of nitrogens with one attached hydrogen (secondary N) is 1. The maximum absolute atomic E-state index is 13.2. The monoisotopic (exact) mass is 371 g/mol. The van der Waals surface area contributed by atoms with Crippen LogP contribution in [0.3, 0.4) is 0 Å². The molecule has 0 spiro atoms. The SMILES string of the molecule is CC1=CCC(N2NC(C(F)(F)F)CC2c2ccc(S(=O)[O-])cc2)C=C1. The second-order valence-electron chi connectivity index (χ2n) is 6.30. The summed E-state index contributed by atoms with van der Waals surface area (Å²) in [4.78, 5) is 0.116. The normalized spacial score (nSPS) is 28.8. The molecule has 2 aliphatic rings. The molecule has 1 aromatic rings. The van der Waals surface area contributed by atoms with Crippen LogP contribution in [0.1, 0.15) is 31.4 Å². The smallest absolute Gasteiger partial charge is 0.405 e. The average molecular weight is 371 g/mol. The lowest BCUT2D eigenvalue weighted by molar-refractivity contribution is -0.157. The molecule has 1 aliphatic heterocycles. The fraction of sp³-hybridized carbons (Fsp3) is 0.412. The zero-order valence-corrected chi connectivity index (χ0v) is 14.3. The molecule has 25 heavy (non-hydrogen) atoms. The van der Waals surface area contributed by atoms with Crippen LogP contribution in [0.4, 0.5) is 13.2 Å². The van der Waals surface area contributed by atoms with Crippen molar-refractivity contribution in [2.45, 2.75) is 49.0 Å². The molecule has 1 aromatic carbocycles. The maximum Gasteiger partial charge on any atom is 0.405 e. The first-order valence-electron chi connectivity index (χ1n) is 7.91. The van der Waals surface area contributed by atoms with E-state index in [0.717, 1.165) is 5.57 Å². The summed E-state index contributed by atoms with van der Waals surface area (Å²) in [6.07, 6.45) is 1.96. The fourth-order valence-electron chi connectivity index (χ4n) is 3.21. The predicted molar refractivity (Wildman–Crippen MR) is 87.1 cm³/mol. The van der Waals surface area contributed by atoms with Crippen molar-refractivity contribution in [3.8, 4) is 0 Å². The van der Waals surface area contributed by atoms with E-state index < -0.39 is 29.3 Å². The van der Waals surface area contributed by atoms with Gasteiger partial charge in [0, 0.05) is 10.9 Å². The highest BCUT2D eigenvalue weighted by molar-refractivity contribution is 7.79. The van der Waals surface area contributed by atoms with Crippen molar-refractivity contribution >= 4 is 11.1 Å². The van der Waals surface area contributed by atoms with Crippen molar-refractivity contribution in [2.75, 3.05) is 0 Å². The van der Waals surface area contributed by atoms with Crippen molar-refractivity contribution in [1.82, 2.24) is 10.4 Å². The van der Waals surface area contributed by atoms with Crippen LogP contribution in [0.5, 0.6) is 0 Å². The molecule has 0 radical (unpaired) electrons. The lowest BCUT2D eigenvalue weighted by Crippen LogP contribution is -2.47. The third kappa shape index (κ3) is 4.03. The topological polar surface area (TPSA) is 55.4 Å². The van der Waals surface area contributed by atoms with Gasteiger partial charge in [-0.05, 0) is 48.5 Å². The molecule has 1 aliphatic carbocycles. The van der Waals surface area contributed by atoms with Crippen molar-refractivity contribution in [1.29, 1.82) is 0 Å². The third-order valence-corrected chi connectivity index (χ3v) is 5.23. The summed E-state index contributed by atoms with van der Waals surface area (Å²) in [5.74, 6) is 0. The predicted octanol–water partition coefficient (Wildman–Crippen LogP) is 3.38. The minimum atomic E-state index is -4.34. The van der Waals surface area contributed by atoms with Crippen LogP contribution in [-0.2, 0) is 11.1 Å². The quantitative estimate of drug-likeness (QED) is 0.828. The first-order valence-corrected chi connectivity index (χ1v) is 8.98. The van der Waals surface area contributed by atoms with Gasteiger partial charge in [-0.3, -0.25) is 4.21 Å². The number of nitrogens with zero attached hydrogens (tertiary/aromatic N) is 1. The lowest BCUT2D eigenvalue weighted by atomic mass is 9.98. The number of hydrogen-bond acceptors (Lipinski definition) is 4. The van der Waals surface area contributed by atoms with E-state index in [1.54, 1.807) is 17.1 Å². The molecule has 0 aromatic heterocycles. The number of halogens is 3. The van der Waals surface area contributed by atoms with E-state index in [1.807, 2.05) is 25.2 Å². The summed E-state index contributed by atoms with van der Waals surface area (Å²) in [5.41, 5.74) is 4.35. The minimum Gasteiger partial charge on any atom is -0.768 e. The Bertz CT molecular complexity index is 716. The highest BCUT2D eigenvalue weighted by atomic mass is 32.2. The molecule has 136 valence electrons. The van der Waals surface area contributed by atoms with Gasteiger partial charge in [-0.25, -0.2) is 10.4 Å². The van der Waals surface area contributed by atoms with Crippen molar-refractivity contribution in [3.63, 3.8) is 0 Å². The van der Waals surface area contributed by atoms with Crippen LogP contribution in [0.2, 0.25) is 0 Å². The van der Waals surface area contributed by atoms with Gasteiger partial charge in [0.25, 0.3) is 0 Å². The van der Waals surface area contributed by atoms with E-state index in [-0.39, 0.29) is 17.4 Å². The van der Waals surface area contributed by atoms with Gasteiger partial charge in [-0.1, -0.05) is 35.9 Å². The van der Waals surface area contributed by atoms with Crippen LogP contribution in [0.25, 0.3) is 0 Å². The number of alkyl halides is 3. The highest BCUT2D eigenvalue weighted by Gasteiger charge is 2.49. The van der Waals surface area contributed by atoms with E-state index >= 15 is 0 Å². The van der Waals surface area contributed by atoms with Gasteiger partial charge < -0.3 is 4.55 Å². The van der Waals surface area contributed by atoms with E-state index in [2.05, 4.69) is 5.43 Å². The summed E-state index contributed by atoms with van der Waals surface area (Å²) in [5, 5.41) is 1.64. The number of allylic oxidation sites excluding steroid dienone is 2. The Morgan fingerprint density at radius 1 is 1.28 bits per heavy atom. The summed E-state index contributed by atoms with van der Waals surface area (Å²) >= 11 is -2.36. The molecule has 3 rings (SSSR count). The van der Waals surface area contributed by atoms with Gasteiger partial charge in [0.2, 0.25) is 0 Å². The Hall–Kier alpha value is -1.48. The second kappa shape index (κ2) is 7.03. The zero-order chi connectivity index (χ0) is 18.2. The second-order valence-corrected chi connectivity index (χ2v) is 7.24. The molecule has 0 amide bonds. The van der Waals surface area contributed by atoms with E-state index in [1.165, 1.54) is 12.1 Å². The van der Waals surface area contributed by atoms with E-state index in [9.17, 15) is 21.9 Å². The molecule has 4 unspecified atom stereocenters. The highest BCUT2D eigenvalue weighted by Crippen LogP contribution is 2.39. The molecule has 4 nitrogen and oxygen atoms in total. The Morgan fingerprint density at radius 3 is 2.48 bits per heavy atom. The average Bonchev–Trinajstić information content (AvgIpc) is 3.01. The first kappa shape index (κ1) is 18.3. The fourth-order valence-corrected chi connectivity index (χ4v) is 3.57. The van der Waals surface area contributed by atoms with Gasteiger partial charge in [0.1, 0.15) is 6.04 Å². The standard InChI is InChI=1S/C17H19F3N2O2S/c1-11-2-6-13(7-3-11)22-15(10-16(21-22)17(18,19)20)12-4-8-14(9-5-12)25(23)24/h2-6,8-9,13,15-16,21H,7,10H2,1H3,(H,23,24)/p-1. The summed E-state index contributed by atoms with van der Waals surface area (Å²) < 4.78 is 61.6. The Morgan fingerprint density at radius 2 is 1.96 bits per heavy atom.